The number of fused-ring (bicyclic) bond motifs is 1. The predicted molar refractivity (Wildman–Crippen MR) is 57.2 cm³/mol. The summed E-state index contributed by atoms with van der Waals surface area (Å²) in [4.78, 5) is 4.06. The summed E-state index contributed by atoms with van der Waals surface area (Å²) in [6.07, 6.45) is 5.07. The van der Waals surface area contributed by atoms with Crippen molar-refractivity contribution in [1.29, 1.82) is 0 Å². The molecule has 0 bridgehead atoms. The van der Waals surface area contributed by atoms with Crippen molar-refractivity contribution in [3.8, 4) is 0 Å². The van der Waals surface area contributed by atoms with Gasteiger partial charge in [0.25, 0.3) is 0 Å². The lowest BCUT2D eigenvalue weighted by Crippen LogP contribution is -2.37. The highest BCUT2D eigenvalue weighted by Crippen LogP contribution is 2.23. The Morgan fingerprint density at radius 1 is 1.33 bits per heavy atom. The first-order valence-corrected chi connectivity index (χ1v) is 5.15. The third kappa shape index (κ3) is 1.48. The highest BCUT2D eigenvalue weighted by Gasteiger charge is 2.28. The summed E-state index contributed by atoms with van der Waals surface area (Å²) in [6.45, 7) is 4.11. The Bertz CT molecular complexity index is 458. The molecule has 0 atom stereocenters. The van der Waals surface area contributed by atoms with Gasteiger partial charge in [0.05, 0.1) is 5.54 Å². The number of nitrogens with two attached hydrogens (primary N) is 1. The van der Waals surface area contributed by atoms with Crippen molar-refractivity contribution in [3.05, 3.63) is 24.4 Å². The summed E-state index contributed by atoms with van der Waals surface area (Å²) < 4.78 is 1.85. The zero-order valence-corrected chi connectivity index (χ0v) is 9.01. The minimum absolute atomic E-state index is 0.414. The average Bonchev–Trinajstić information content (AvgIpc) is 2.72. The molecule has 2 N–H and O–H groups in total. The third-order valence-corrected chi connectivity index (χ3v) is 2.92. The number of hydrogen-bond donors (Lipinski definition) is 1. The molecule has 0 fully saturated rings. The van der Waals surface area contributed by atoms with Gasteiger partial charge in [-0.2, -0.15) is 0 Å². The molecule has 0 spiro atoms. The van der Waals surface area contributed by atoms with Gasteiger partial charge in [0.1, 0.15) is 6.33 Å². The smallest absolute Gasteiger partial charge is 0.163 e. The second-order valence-electron chi connectivity index (χ2n) is 3.70. The van der Waals surface area contributed by atoms with Gasteiger partial charge in [-0.25, -0.2) is 4.98 Å². The van der Waals surface area contributed by atoms with Crippen LogP contribution in [0.1, 0.15) is 32.5 Å². The fraction of sp³-hybridized carbons (Fsp3) is 0.500. The van der Waals surface area contributed by atoms with Crippen molar-refractivity contribution in [2.75, 3.05) is 0 Å². The van der Waals surface area contributed by atoms with Crippen molar-refractivity contribution < 1.29 is 0 Å². The van der Waals surface area contributed by atoms with E-state index < -0.39 is 5.54 Å². The Balaban J connectivity index is 2.61. The van der Waals surface area contributed by atoms with Crippen molar-refractivity contribution in [1.82, 2.24) is 19.6 Å². The highest BCUT2D eigenvalue weighted by atomic mass is 15.3. The van der Waals surface area contributed by atoms with Crippen LogP contribution in [0, 0.1) is 0 Å². The van der Waals surface area contributed by atoms with Gasteiger partial charge in [-0.15, -0.1) is 10.2 Å². The molecule has 0 aliphatic rings. The predicted octanol–water partition coefficient (Wildman–Crippen LogP) is 1.10. The molecule has 80 valence electrons. The summed E-state index contributed by atoms with van der Waals surface area (Å²) in [5.41, 5.74) is 6.65. The van der Waals surface area contributed by atoms with Crippen LogP contribution in [-0.4, -0.2) is 19.6 Å². The maximum Gasteiger partial charge on any atom is 0.163 e. The van der Waals surface area contributed by atoms with Crippen molar-refractivity contribution in [2.45, 2.75) is 32.2 Å². The van der Waals surface area contributed by atoms with E-state index in [2.05, 4.69) is 29.0 Å². The van der Waals surface area contributed by atoms with Crippen LogP contribution in [-0.2, 0) is 5.54 Å². The highest BCUT2D eigenvalue weighted by molar-refractivity contribution is 5.36. The van der Waals surface area contributed by atoms with Crippen LogP contribution in [0.3, 0.4) is 0 Å². The third-order valence-electron chi connectivity index (χ3n) is 2.92. The van der Waals surface area contributed by atoms with Crippen LogP contribution in [0.5, 0.6) is 0 Å². The lowest BCUT2D eigenvalue weighted by Gasteiger charge is -2.24. The van der Waals surface area contributed by atoms with Crippen LogP contribution in [0.25, 0.3) is 5.65 Å². The fourth-order valence-electron chi connectivity index (χ4n) is 1.65. The minimum Gasteiger partial charge on any atom is -0.319 e. The molecule has 0 saturated heterocycles. The monoisotopic (exact) mass is 205 g/mol. The molecule has 0 radical (unpaired) electrons. The van der Waals surface area contributed by atoms with E-state index in [1.807, 2.05) is 10.5 Å². The Labute approximate surface area is 88.3 Å². The lowest BCUT2D eigenvalue weighted by molar-refractivity contribution is 0.383. The first kappa shape index (κ1) is 10.0. The SMILES string of the molecule is CCC(N)(CC)c1nnc2ccncn12. The molecule has 2 aromatic heterocycles. The maximum atomic E-state index is 6.28. The van der Waals surface area contributed by atoms with Crippen LogP contribution < -0.4 is 5.73 Å². The number of rotatable bonds is 3. The van der Waals surface area contributed by atoms with Gasteiger partial charge in [-0.3, -0.25) is 4.40 Å². The zero-order valence-electron chi connectivity index (χ0n) is 9.01. The topological polar surface area (TPSA) is 69.1 Å². The van der Waals surface area contributed by atoms with Crippen LogP contribution in [0.4, 0.5) is 0 Å². The quantitative estimate of drug-likeness (QED) is 0.814. The van der Waals surface area contributed by atoms with Gasteiger partial charge >= 0.3 is 0 Å². The van der Waals surface area contributed by atoms with E-state index >= 15 is 0 Å². The zero-order chi connectivity index (χ0) is 10.9. The van der Waals surface area contributed by atoms with E-state index in [0.717, 1.165) is 24.3 Å². The Morgan fingerprint density at radius 2 is 2.07 bits per heavy atom. The molecule has 5 nitrogen and oxygen atoms in total. The molecule has 15 heavy (non-hydrogen) atoms. The molecule has 2 aromatic rings. The summed E-state index contributed by atoms with van der Waals surface area (Å²) in [6, 6.07) is 1.82. The minimum atomic E-state index is -0.414. The van der Waals surface area contributed by atoms with Crippen molar-refractivity contribution in [3.63, 3.8) is 0 Å². The second kappa shape index (κ2) is 3.58. The largest absolute Gasteiger partial charge is 0.319 e. The molecule has 0 unspecified atom stereocenters. The van der Waals surface area contributed by atoms with Gasteiger partial charge in [0.2, 0.25) is 0 Å². The average molecular weight is 205 g/mol. The summed E-state index contributed by atoms with van der Waals surface area (Å²) in [5.74, 6) is 0.788. The molecule has 0 aliphatic heterocycles. The lowest BCUT2D eigenvalue weighted by atomic mass is 9.93. The Morgan fingerprint density at radius 3 is 2.73 bits per heavy atom. The molecule has 0 amide bonds. The molecular formula is C10H15N5. The van der Waals surface area contributed by atoms with Crippen molar-refractivity contribution in [2.24, 2.45) is 5.73 Å². The first-order chi connectivity index (χ1) is 7.21. The summed E-state index contributed by atoms with van der Waals surface area (Å²) in [7, 11) is 0. The van der Waals surface area contributed by atoms with E-state index in [9.17, 15) is 0 Å². The molecule has 5 heteroatoms. The number of aromatic nitrogens is 4. The van der Waals surface area contributed by atoms with E-state index in [1.54, 1.807) is 12.5 Å². The van der Waals surface area contributed by atoms with E-state index in [4.69, 9.17) is 5.73 Å². The second-order valence-corrected chi connectivity index (χ2v) is 3.70. The van der Waals surface area contributed by atoms with Gasteiger partial charge in [-0.05, 0) is 12.8 Å². The van der Waals surface area contributed by atoms with Gasteiger partial charge in [0, 0.05) is 12.3 Å². The van der Waals surface area contributed by atoms with Gasteiger partial charge < -0.3 is 5.73 Å². The summed E-state index contributed by atoms with van der Waals surface area (Å²) >= 11 is 0. The standard InChI is InChI=1S/C10H15N5/c1-3-10(11,4-2)9-14-13-8-5-6-12-7-15(8)9/h5-7H,3-4,11H2,1-2H3. The normalized spacial score (nSPS) is 12.2. The number of nitrogens with zero attached hydrogens (tertiary/aromatic N) is 4. The molecule has 0 aliphatic carbocycles. The molecule has 2 heterocycles. The molecule has 0 aromatic carbocycles. The van der Waals surface area contributed by atoms with Crippen LogP contribution >= 0.6 is 0 Å². The summed E-state index contributed by atoms with van der Waals surface area (Å²) in [5, 5.41) is 8.23. The van der Waals surface area contributed by atoms with Crippen LogP contribution in [0.2, 0.25) is 0 Å². The van der Waals surface area contributed by atoms with E-state index in [1.165, 1.54) is 0 Å². The fourth-order valence-corrected chi connectivity index (χ4v) is 1.65. The maximum absolute atomic E-state index is 6.28. The Kier molecular flexibility index (Phi) is 2.40. The molecular weight excluding hydrogens is 190 g/mol. The van der Waals surface area contributed by atoms with E-state index in [-0.39, 0.29) is 0 Å². The number of hydrogen-bond acceptors (Lipinski definition) is 4. The Hall–Kier alpha value is -1.49. The first-order valence-electron chi connectivity index (χ1n) is 5.15. The molecule has 2 rings (SSSR count). The van der Waals surface area contributed by atoms with Crippen LogP contribution in [0.15, 0.2) is 18.6 Å². The van der Waals surface area contributed by atoms with Gasteiger partial charge in [-0.1, -0.05) is 13.8 Å². The van der Waals surface area contributed by atoms with Crippen molar-refractivity contribution >= 4 is 5.65 Å². The van der Waals surface area contributed by atoms with E-state index in [0.29, 0.717) is 0 Å². The molecule has 0 saturated carbocycles. The van der Waals surface area contributed by atoms with Gasteiger partial charge in [0.15, 0.2) is 11.5 Å².